The number of rotatable bonds is 7. The summed E-state index contributed by atoms with van der Waals surface area (Å²) in [4.78, 5) is 36.0. The molecule has 176 valence electrons. The summed E-state index contributed by atoms with van der Waals surface area (Å²) in [6.07, 6.45) is -3.94. The van der Waals surface area contributed by atoms with Crippen LogP contribution in [0.3, 0.4) is 0 Å². The van der Waals surface area contributed by atoms with Gasteiger partial charge in [0.2, 0.25) is 12.2 Å². The minimum Gasteiger partial charge on any atom is -0.459 e. The molecule has 0 amide bonds. The SMILES string of the molecule is CC(=O)CCC(=O)O[C@@H]1C(C)O[C@@H](OC(=N)C(Cl)(Cl)Cl)C(OC(=O)c2ccccc2)[C@H]1C. The smallest absolute Gasteiger partial charge is 0.338 e. The second kappa shape index (κ2) is 11.3. The molecule has 0 spiro atoms. The molecule has 1 heterocycles. The van der Waals surface area contributed by atoms with Crippen LogP contribution in [0.2, 0.25) is 0 Å². The lowest BCUT2D eigenvalue weighted by molar-refractivity contribution is -0.260. The highest BCUT2D eigenvalue weighted by atomic mass is 35.6. The Morgan fingerprint density at radius 3 is 2.19 bits per heavy atom. The Bertz CT molecular complexity index is 844. The Morgan fingerprint density at radius 1 is 1.00 bits per heavy atom. The number of alkyl halides is 3. The van der Waals surface area contributed by atoms with Crippen LogP contribution in [0.1, 0.15) is 44.0 Å². The summed E-state index contributed by atoms with van der Waals surface area (Å²) in [7, 11) is 0. The van der Waals surface area contributed by atoms with Crippen LogP contribution in [-0.4, -0.2) is 52.0 Å². The van der Waals surface area contributed by atoms with Crippen LogP contribution in [0.25, 0.3) is 0 Å². The van der Waals surface area contributed by atoms with Gasteiger partial charge in [0.05, 0.1) is 18.1 Å². The summed E-state index contributed by atoms with van der Waals surface area (Å²) in [5, 5.41) is 7.85. The quantitative estimate of drug-likeness (QED) is 0.254. The van der Waals surface area contributed by atoms with Gasteiger partial charge in [-0.1, -0.05) is 59.9 Å². The maximum Gasteiger partial charge on any atom is 0.338 e. The molecule has 0 bridgehead atoms. The van der Waals surface area contributed by atoms with Gasteiger partial charge in [-0.05, 0) is 26.0 Å². The summed E-state index contributed by atoms with van der Waals surface area (Å²) in [6, 6.07) is 8.22. The fourth-order valence-electron chi connectivity index (χ4n) is 3.13. The monoisotopic (exact) mass is 507 g/mol. The molecule has 1 fully saturated rings. The van der Waals surface area contributed by atoms with E-state index >= 15 is 0 Å². The number of benzene rings is 1. The molecule has 2 unspecified atom stereocenters. The molecule has 1 aromatic rings. The number of hydrogen-bond acceptors (Lipinski definition) is 8. The Morgan fingerprint density at radius 2 is 1.62 bits per heavy atom. The number of esters is 2. The van der Waals surface area contributed by atoms with Gasteiger partial charge < -0.3 is 23.7 Å². The van der Waals surface area contributed by atoms with Gasteiger partial charge >= 0.3 is 11.9 Å². The van der Waals surface area contributed by atoms with Crippen LogP contribution in [-0.2, 0) is 28.5 Å². The molecule has 1 aliphatic rings. The van der Waals surface area contributed by atoms with Gasteiger partial charge in [0.15, 0.2) is 6.10 Å². The highest BCUT2D eigenvalue weighted by Crippen LogP contribution is 2.35. The minimum absolute atomic E-state index is 0.0493. The number of hydrogen-bond donors (Lipinski definition) is 1. The molecule has 0 radical (unpaired) electrons. The van der Waals surface area contributed by atoms with Crippen molar-refractivity contribution in [2.24, 2.45) is 5.92 Å². The summed E-state index contributed by atoms with van der Waals surface area (Å²) < 4.78 is 20.1. The van der Waals surface area contributed by atoms with Gasteiger partial charge in [0.1, 0.15) is 11.9 Å². The third-order valence-electron chi connectivity index (χ3n) is 4.81. The molecule has 0 aromatic heterocycles. The lowest BCUT2D eigenvalue weighted by atomic mass is 9.90. The zero-order valence-electron chi connectivity index (χ0n) is 17.7. The number of carbonyl (C=O) groups excluding carboxylic acids is 3. The predicted octanol–water partition coefficient (Wildman–Crippen LogP) is 4.24. The fraction of sp³-hybridized carbons (Fsp3) is 0.524. The molecular weight excluding hydrogens is 485 g/mol. The molecule has 2 rings (SSSR count). The van der Waals surface area contributed by atoms with Gasteiger partial charge in [-0.3, -0.25) is 10.2 Å². The third kappa shape index (κ3) is 7.33. The molecule has 1 saturated heterocycles. The second-order valence-corrected chi connectivity index (χ2v) is 9.69. The highest BCUT2D eigenvalue weighted by Gasteiger charge is 2.49. The van der Waals surface area contributed by atoms with Crippen molar-refractivity contribution in [2.75, 3.05) is 0 Å². The molecule has 8 nitrogen and oxygen atoms in total. The lowest BCUT2D eigenvalue weighted by Crippen LogP contribution is -2.56. The first-order valence-corrected chi connectivity index (χ1v) is 11.0. The third-order valence-corrected chi connectivity index (χ3v) is 5.32. The Kier molecular flexibility index (Phi) is 9.33. The number of ether oxygens (including phenoxy) is 4. The first-order chi connectivity index (χ1) is 14.9. The summed E-state index contributed by atoms with van der Waals surface area (Å²) in [6.45, 7) is 4.69. The van der Waals surface area contributed by atoms with Gasteiger partial charge in [-0.25, -0.2) is 4.79 Å². The average molecular weight is 509 g/mol. The number of carbonyl (C=O) groups is 3. The fourth-order valence-corrected chi connectivity index (χ4v) is 3.26. The molecule has 0 saturated carbocycles. The molecule has 1 aliphatic heterocycles. The van der Waals surface area contributed by atoms with Crippen LogP contribution in [0.15, 0.2) is 30.3 Å². The number of Topliss-reactive ketones (excluding diaryl/α,β-unsaturated/α-hetero) is 1. The lowest BCUT2D eigenvalue weighted by Gasteiger charge is -2.43. The highest BCUT2D eigenvalue weighted by molar-refractivity contribution is 6.76. The van der Waals surface area contributed by atoms with E-state index in [1.165, 1.54) is 6.92 Å². The van der Waals surface area contributed by atoms with Crippen LogP contribution in [0, 0.1) is 11.3 Å². The first kappa shape index (κ1) is 26.4. The van der Waals surface area contributed by atoms with E-state index in [1.807, 2.05) is 0 Å². The van der Waals surface area contributed by atoms with Crippen LogP contribution in [0.4, 0.5) is 0 Å². The summed E-state index contributed by atoms with van der Waals surface area (Å²) in [5.74, 6) is -2.73. The Balaban J connectivity index is 2.23. The molecule has 0 aliphatic carbocycles. The molecule has 32 heavy (non-hydrogen) atoms. The van der Waals surface area contributed by atoms with E-state index in [0.717, 1.165) is 0 Å². The standard InChI is InChI=1S/C21H24Cl3NO7/c1-11(26)9-10-15(27)30-16-12(2)17(31-18(28)14-7-5-4-6-8-14)19(29-13(16)3)32-20(25)21(22,23)24/h4-8,12-13,16-17,19,25H,9-10H2,1-3H3/t12-,13?,16-,17?,19-/m0/s1. The molecule has 11 heteroatoms. The zero-order chi connectivity index (χ0) is 24.1. The van der Waals surface area contributed by atoms with Gasteiger partial charge in [0.25, 0.3) is 3.79 Å². The van der Waals surface area contributed by atoms with E-state index in [9.17, 15) is 14.4 Å². The first-order valence-electron chi connectivity index (χ1n) is 9.83. The molecule has 5 atom stereocenters. The molecule has 1 aromatic carbocycles. The largest absolute Gasteiger partial charge is 0.459 e. The van der Waals surface area contributed by atoms with Crippen molar-refractivity contribution in [3.05, 3.63) is 35.9 Å². The van der Waals surface area contributed by atoms with Gasteiger partial charge in [0, 0.05) is 12.3 Å². The summed E-state index contributed by atoms with van der Waals surface area (Å²) in [5.41, 5.74) is 0.281. The van der Waals surface area contributed by atoms with E-state index in [-0.39, 0.29) is 24.2 Å². The van der Waals surface area contributed by atoms with E-state index in [0.29, 0.717) is 0 Å². The van der Waals surface area contributed by atoms with E-state index in [1.54, 1.807) is 44.2 Å². The van der Waals surface area contributed by atoms with Gasteiger partial charge in [-0.15, -0.1) is 0 Å². The number of ketones is 1. The van der Waals surface area contributed by atoms with Crippen molar-refractivity contribution >= 4 is 58.4 Å². The van der Waals surface area contributed by atoms with Crippen molar-refractivity contribution < 1.29 is 33.3 Å². The minimum atomic E-state index is -2.15. The Labute approximate surface area is 200 Å². The maximum atomic E-state index is 12.7. The van der Waals surface area contributed by atoms with Crippen molar-refractivity contribution in [3.63, 3.8) is 0 Å². The van der Waals surface area contributed by atoms with Crippen LogP contribution >= 0.6 is 34.8 Å². The van der Waals surface area contributed by atoms with E-state index < -0.39 is 52.1 Å². The van der Waals surface area contributed by atoms with Crippen molar-refractivity contribution in [3.8, 4) is 0 Å². The maximum absolute atomic E-state index is 12.7. The second-order valence-electron chi connectivity index (χ2n) is 7.41. The van der Waals surface area contributed by atoms with Gasteiger partial charge in [-0.2, -0.15) is 0 Å². The van der Waals surface area contributed by atoms with E-state index in [2.05, 4.69) is 0 Å². The topological polar surface area (TPSA) is 112 Å². The molecule has 1 N–H and O–H groups in total. The Hall–Kier alpha value is -1.87. The summed E-state index contributed by atoms with van der Waals surface area (Å²) >= 11 is 17.1. The van der Waals surface area contributed by atoms with Crippen LogP contribution < -0.4 is 0 Å². The van der Waals surface area contributed by atoms with Crippen molar-refractivity contribution in [2.45, 2.75) is 62.0 Å². The van der Waals surface area contributed by atoms with E-state index in [4.69, 9.17) is 59.2 Å². The predicted molar refractivity (Wildman–Crippen MR) is 118 cm³/mol. The van der Waals surface area contributed by atoms with Crippen molar-refractivity contribution in [1.82, 2.24) is 0 Å². The van der Waals surface area contributed by atoms with Crippen LogP contribution in [0.5, 0.6) is 0 Å². The number of nitrogens with one attached hydrogen (secondary N) is 1. The van der Waals surface area contributed by atoms with Crippen molar-refractivity contribution in [1.29, 1.82) is 5.41 Å². The zero-order valence-corrected chi connectivity index (χ0v) is 19.9. The molecular formula is C21H24Cl3NO7. The normalized spacial score (nSPS) is 25.5. The average Bonchev–Trinajstić information content (AvgIpc) is 2.72. The number of halogens is 3.